The van der Waals surface area contributed by atoms with E-state index >= 15 is 0 Å². The van der Waals surface area contributed by atoms with E-state index in [0.29, 0.717) is 5.75 Å². The van der Waals surface area contributed by atoms with Crippen molar-refractivity contribution in [1.82, 2.24) is 5.32 Å². The third-order valence-corrected chi connectivity index (χ3v) is 3.84. The highest BCUT2D eigenvalue weighted by molar-refractivity contribution is 5.76. The molecule has 0 radical (unpaired) electrons. The average Bonchev–Trinajstić information content (AvgIpc) is 2.56. The largest absolute Gasteiger partial charge is 0.478 e. The summed E-state index contributed by atoms with van der Waals surface area (Å²) in [5.74, 6) is -0.405. The fraction of sp³-hybridized carbons (Fsp3) is 0.350. The molecule has 0 aliphatic heterocycles. The quantitative estimate of drug-likeness (QED) is 0.694. The van der Waals surface area contributed by atoms with Crippen LogP contribution in [-0.4, -0.2) is 29.8 Å². The van der Waals surface area contributed by atoms with Gasteiger partial charge in [-0.3, -0.25) is 0 Å². The molecule has 0 amide bonds. The molecule has 0 unspecified atom stereocenters. The zero-order valence-electron chi connectivity index (χ0n) is 14.3. The van der Waals surface area contributed by atoms with Crippen molar-refractivity contribution in [2.75, 3.05) is 13.1 Å². The molecule has 2 aromatic carbocycles. The monoisotopic (exact) mass is 327 g/mol. The number of hydrogen-bond acceptors (Lipinski definition) is 3. The molecular formula is C20H25NO3. The van der Waals surface area contributed by atoms with Gasteiger partial charge in [-0.1, -0.05) is 42.5 Å². The SMILES string of the molecule is CC(C)(Oc1ccc(CCNCCc2ccccc2)cc1)C(=O)O. The van der Waals surface area contributed by atoms with Gasteiger partial charge in [0.15, 0.2) is 5.60 Å². The van der Waals surface area contributed by atoms with Gasteiger partial charge in [0.25, 0.3) is 0 Å². The Kier molecular flexibility index (Phi) is 6.38. The van der Waals surface area contributed by atoms with Crippen LogP contribution in [0.25, 0.3) is 0 Å². The molecule has 0 fully saturated rings. The number of hydrogen-bond donors (Lipinski definition) is 2. The molecule has 0 atom stereocenters. The maximum atomic E-state index is 11.1. The van der Waals surface area contributed by atoms with Gasteiger partial charge in [0.2, 0.25) is 0 Å². The highest BCUT2D eigenvalue weighted by atomic mass is 16.5. The zero-order chi connectivity index (χ0) is 17.4. The molecule has 0 saturated carbocycles. The molecule has 0 aromatic heterocycles. The molecule has 0 aliphatic rings. The first-order valence-corrected chi connectivity index (χ1v) is 8.23. The summed E-state index contributed by atoms with van der Waals surface area (Å²) in [5.41, 5.74) is 1.32. The minimum atomic E-state index is -1.22. The first-order chi connectivity index (χ1) is 11.5. The molecular weight excluding hydrogens is 302 g/mol. The van der Waals surface area contributed by atoms with Crippen LogP contribution in [0.15, 0.2) is 54.6 Å². The van der Waals surface area contributed by atoms with E-state index in [0.717, 1.165) is 25.9 Å². The normalized spacial score (nSPS) is 11.2. The number of nitrogens with one attached hydrogen (secondary N) is 1. The number of rotatable bonds is 9. The Hall–Kier alpha value is -2.33. The highest BCUT2D eigenvalue weighted by Crippen LogP contribution is 2.19. The minimum Gasteiger partial charge on any atom is -0.478 e. The Labute approximate surface area is 143 Å². The van der Waals surface area contributed by atoms with Crippen molar-refractivity contribution in [2.24, 2.45) is 0 Å². The second kappa shape index (κ2) is 8.50. The summed E-state index contributed by atoms with van der Waals surface area (Å²) < 4.78 is 5.50. The van der Waals surface area contributed by atoms with E-state index in [-0.39, 0.29) is 0 Å². The van der Waals surface area contributed by atoms with Crippen molar-refractivity contribution in [2.45, 2.75) is 32.3 Å². The van der Waals surface area contributed by atoms with Crippen LogP contribution >= 0.6 is 0 Å². The van der Waals surface area contributed by atoms with Crippen LogP contribution in [0.5, 0.6) is 5.75 Å². The molecule has 24 heavy (non-hydrogen) atoms. The Morgan fingerprint density at radius 2 is 1.50 bits per heavy atom. The topological polar surface area (TPSA) is 58.6 Å². The third-order valence-electron chi connectivity index (χ3n) is 3.84. The number of ether oxygens (including phenoxy) is 1. The Morgan fingerprint density at radius 1 is 0.958 bits per heavy atom. The van der Waals surface area contributed by atoms with Crippen LogP contribution in [0, 0.1) is 0 Å². The van der Waals surface area contributed by atoms with E-state index in [4.69, 9.17) is 9.84 Å². The molecule has 0 aliphatic carbocycles. The summed E-state index contributed by atoms with van der Waals surface area (Å²) >= 11 is 0. The van der Waals surface area contributed by atoms with Crippen LogP contribution in [-0.2, 0) is 17.6 Å². The molecule has 4 heteroatoms. The van der Waals surface area contributed by atoms with Gasteiger partial charge < -0.3 is 15.2 Å². The molecule has 0 bridgehead atoms. The Bertz CT molecular complexity index is 636. The predicted molar refractivity (Wildman–Crippen MR) is 95.5 cm³/mol. The maximum absolute atomic E-state index is 11.1. The second-order valence-electron chi connectivity index (χ2n) is 6.30. The summed E-state index contributed by atoms with van der Waals surface area (Å²) in [6, 6.07) is 18.0. The van der Waals surface area contributed by atoms with Crippen LogP contribution in [0.4, 0.5) is 0 Å². The van der Waals surface area contributed by atoms with Crippen molar-refractivity contribution in [3.63, 3.8) is 0 Å². The fourth-order valence-electron chi connectivity index (χ4n) is 2.30. The average molecular weight is 327 g/mol. The van der Waals surface area contributed by atoms with E-state index in [1.165, 1.54) is 11.1 Å². The summed E-state index contributed by atoms with van der Waals surface area (Å²) in [5, 5.41) is 12.5. The standard InChI is InChI=1S/C20H25NO3/c1-20(2,19(22)23)24-18-10-8-17(9-11-18)13-15-21-14-12-16-6-4-3-5-7-16/h3-11,21H,12-15H2,1-2H3,(H,22,23). The summed E-state index contributed by atoms with van der Waals surface area (Å²) in [6.45, 7) is 4.95. The molecule has 0 heterocycles. The van der Waals surface area contributed by atoms with Gasteiger partial charge in [-0.05, 0) is 63.0 Å². The smallest absolute Gasteiger partial charge is 0.347 e. The maximum Gasteiger partial charge on any atom is 0.347 e. The molecule has 128 valence electrons. The van der Waals surface area contributed by atoms with Crippen molar-refractivity contribution in [3.05, 3.63) is 65.7 Å². The first-order valence-electron chi connectivity index (χ1n) is 8.23. The summed E-state index contributed by atoms with van der Waals surface area (Å²) in [4.78, 5) is 11.1. The fourth-order valence-corrected chi connectivity index (χ4v) is 2.30. The lowest BCUT2D eigenvalue weighted by molar-refractivity contribution is -0.152. The van der Waals surface area contributed by atoms with Crippen LogP contribution < -0.4 is 10.1 Å². The lowest BCUT2D eigenvalue weighted by atomic mass is 10.1. The highest BCUT2D eigenvalue weighted by Gasteiger charge is 2.29. The lowest BCUT2D eigenvalue weighted by Gasteiger charge is -2.21. The number of aliphatic carboxylic acids is 1. The third kappa shape index (κ3) is 5.70. The number of carbonyl (C=O) groups is 1. The van der Waals surface area contributed by atoms with Crippen molar-refractivity contribution >= 4 is 5.97 Å². The molecule has 0 spiro atoms. The van der Waals surface area contributed by atoms with Gasteiger partial charge in [0, 0.05) is 0 Å². The van der Waals surface area contributed by atoms with Gasteiger partial charge >= 0.3 is 5.97 Å². The molecule has 4 nitrogen and oxygen atoms in total. The molecule has 2 N–H and O–H groups in total. The van der Waals surface area contributed by atoms with E-state index in [1.54, 1.807) is 13.8 Å². The van der Waals surface area contributed by atoms with Gasteiger partial charge in [0.1, 0.15) is 5.75 Å². The van der Waals surface area contributed by atoms with Crippen LogP contribution in [0.1, 0.15) is 25.0 Å². The van der Waals surface area contributed by atoms with Crippen molar-refractivity contribution in [1.29, 1.82) is 0 Å². The molecule has 2 rings (SSSR count). The Morgan fingerprint density at radius 3 is 2.04 bits per heavy atom. The van der Waals surface area contributed by atoms with Crippen LogP contribution in [0.3, 0.4) is 0 Å². The number of carboxylic acid groups (broad SMARTS) is 1. The first kappa shape index (κ1) is 18.0. The van der Waals surface area contributed by atoms with Crippen LogP contribution in [0.2, 0.25) is 0 Å². The van der Waals surface area contributed by atoms with E-state index in [2.05, 4.69) is 29.6 Å². The summed E-state index contributed by atoms with van der Waals surface area (Å²) in [6.07, 6.45) is 1.95. The van der Waals surface area contributed by atoms with E-state index in [9.17, 15) is 4.79 Å². The van der Waals surface area contributed by atoms with Crippen molar-refractivity contribution < 1.29 is 14.6 Å². The minimum absolute atomic E-state index is 0.572. The Balaban J connectivity index is 1.71. The lowest BCUT2D eigenvalue weighted by Crippen LogP contribution is -2.37. The van der Waals surface area contributed by atoms with Crippen molar-refractivity contribution in [3.8, 4) is 5.75 Å². The number of benzene rings is 2. The molecule has 0 saturated heterocycles. The van der Waals surface area contributed by atoms with E-state index in [1.807, 2.05) is 30.3 Å². The number of carboxylic acids is 1. The predicted octanol–water partition coefficient (Wildman–Crippen LogP) is 3.30. The second-order valence-corrected chi connectivity index (χ2v) is 6.30. The van der Waals surface area contributed by atoms with E-state index < -0.39 is 11.6 Å². The van der Waals surface area contributed by atoms with Gasteiger partial charge in [0.05, 0.1) is 0 Å². The molecule has 2 aromatic rings. The van der Waals surface area contributed by atoms with Gasteiger partial charge in [-0.2, -0.15) is 0 Å². The zero-order valence-corrected chi connectivity index (χ0v) is 14.3. The van der Waals surface area contributed by atoms with Gasteiger partial charge in [-0.25, -0.2) is 4.79 Å². The summed E-state index contributed by atoms with van der Waals surface area (Å²) in [7, 11) is 0. The van der Waals surface area contributed by atoms with Gasteiger partial charge in [-0.15, -0.1) is 0 Å².